The highest BCUT2D eigenvalue weighted by molar-refractivity contribution is 5.99. The SMILES string of the molecule is COc1ccc(OC(=O)C(C(=O)Oc2ccc(OC)cc2)[C@H](NC=O)c2cccc3ccccc23)cc1. The topological polar surface area (TPSA) is 100 Å². The summed E-state index contributed by atoms with van der Waals surface area (Å²) in [6.07, 6.45) is 0.445. The van der Waals surface area contributed by atoms with Crippen LogP contribution in [0.15, 0.2) is 91.0 Å². The van der Waals surface area contributed by atoms with Crippen molar-refractivity contribution in [3.05, 3.63) is 96.6 Å². The van der Waals surface area contributed by atoms with E-state index in [1.165, 1.54) is 14.2 Å². The molecular weight excluding hydrogens is 474 g/mol. The van der Waals surface area contributed by atoms with Crippen molar-refractivity contribution in [2.45, 2.75) is 6.04 Å². The van der Waals surface area contributed by atoms with Gasteiger partial charge in [-0.3, -0.25) is 14.4 Å². The van der Waals surface area contributed by atoms with E-state index in [2.05, 4.69) is 5.32 Å². The summed E-state index contributed by atoms with van der Waals surface area (Å²) in [5.74, 6) is -1.75. The van der Waals surface area contributed by atoms with Gasteiger partial charge in [-0.25, -0.2) is 0 Å². The summed E-state index contributed by atoms with van der Waals surface area (Å²) in [5, 5.41) is 4.28. The number of hydrogen-bond donors (Lipinski definition) is 1. The Hall–Kier alpha value is -4.85. The van der Waals surface area contributed by atoms with Gasteiger partial charge in [-0.15, -0.1) is 0 Å². The quantitative estimate of drug-likeness (QED) is 0.149. The molecule has 0 aliphatic carbocycles. The van der Waals surface area contributed by atoms with Crippen LogP contribution in [0.1, 0.15) is 11.6 Å². The number of rotatable bonds is 10. The van der Waals surface area contributed by atoms with E-state index in [4.69, 9.17) is 18.9 Å². The average Bonchev–Trinajstić information content (AvgIpc) is 2.93. The summed E-state index contributed by atoms with van der Waals surface area (Å²) in [6, 6.07) is 24.5. The number of methoxy groups -OCH3 is 2. The zero-order valence-electron chi connectivity index (χ0n) is 20.3. The Morgan fingerprint density at radius 2 is 1.16 bits per heavy atom. The Kier molecular flexibility index (Phi) is 8.00. The van der Waals surface area contributed by atoms with E-state index in [1.54, 1.807) is 60.7 Å². The predicted molar refractivity (Wildman–Crippen MR) is 137 cm³/mol. The fraction of sp³-hybridized carbons (Fsp3) is 0.138. The maximum absolute atomic E-state index is 13.5. The number of nitrogens with one attached hydrogen (secondary N) is 1. The average molecular weight is 500 g/mol. The first-order chi connectivity index (χ1) is 18.0. The molecule has 0 bridgehead atoms. The number of benzene rings is 4. The molecule has 188 valence electrons. The van der Waals surface area contributed by atoms with E-state index in [0.29, 0.717) is 23.5 Å². The first kappa shape index (κ1) is 25.2. The van der Waals surface area contributed by atoms with Crippen LogP contribution in [0.2, 0.25) is 0 Å². The summed E-state index contributed by atoms with van der Waals surface area (Å²) in [7, 11) is 3.04. The van der Waals surface area contributed by atoms with E-state index < -0.39 is 23.9 Å². The van der Waals surface area contributed by atoms with Crippen LogP contribution in [0.4, 0.5) is 0 Å². The second kappa shape index (κ2) is 11.7. The lowest BCUT2D eigenvalue weighted by Gasteiger charge is -2.25. The van der Waals surface area contributed by atoms with Gasteiger partial charge in [0.1, 0.15) is 23.0 Å². The molecule has 0 aromatic heterocycles. The third-order valence-corrected chi connectivity index (χ3v) is 5.80. The van der Waals surface area contributed by atoms with E-state index >= 15 is 0 Å². The minimum Gasteiger partial charge on any atom is -0.497 e. The van der Waals surface area contributed by atoms with E-state index in [9.17, 15) is 14.4 Å². The third kappa shape index (κ3) is 5.87. The van der Waals surface area contributed by atoms with Crippen molar-refractivity contribution in [2.75, 3.05) is 14.2 Å². The van der Waals surface area contributed by atoms with Crippen molar-refractivity contribution in [1.82, 2.24) is 5.32 Å². The van der Waals surface area contributed by atoms with Crippen molar-refractivity contribution in [3.8, 4) is 23.0 Å². The molecule has 0 aliphatic rings. The fourth-order valence-corrected chi connectivity index (χ4v) is 3.98. The highest BCUT2D eigenvalue weighted by Crippen LogP contribution is 2.32. The molecule has 1 amide bonds. The maximum Gasteiger partial charge on any atom is 0.328 e. The van der Waals surface area contributed by atoms with E-state index in [-0.39, 0.29) is 11.5 Å². The number of ether oxygens (including phenoxy) is 4. The molecule has 0 unspecified atom stereocenters. The Labute approximate surface area is 213 Å². The number of carbonyl (C=O) groups is 3. The van der Waals surface area contributed by atoms with Crippen LogP contribution in [0.5, 0.6) is 23.0 Å². The lowest BCUT2D eigenvalue weighted by Crippen LogP contribution is -2.41. The molecule has 0 radical (unpaired) electrons. The largest absolute Gasteiger partial charge is 0.497 e. The van der Waals surface area contributed by atoms with Crippen LogP contribution in [0, 0.1) is 5.92 Å². The van der Waals surface area contributed by atoms with Crippen LogP contribution in [0.3, 0.4) is 0 Å². The molecule has 0 saturated carbocycles. The first-order valence-corrected chi connectivity index (χ1v) is 11.4. The molecule has 4 aromatic rings. The van der Waals surface area contributed by atoms with Crippen molar-refractivity contribution < 1.29 is 33.3 Å². The zero-order valence-corrected chi connectivity index (χ0v) is 20.3. The van der Waals surface area contributed by atoms with Gasteiger partial charge >= 0.3 is 11.9 Å². The summed E-state index contributed by atoms with van der Waals surface area (Å²) in [5.41, 5.74) is 0.563. The molecule has 1 atom stereocenters. The number of esters is 2. The molecular formula is C29H25NO7. The minimum atomic E-state index is -1.53. The van der Waals surface area contributed by atoms with Crippen molar-refractivity contribution in [1.29, 1.82) is 0 Å². The highest BCUT2D eigenvalue weighted by Gasteiger charge is 2.40. The lowest BCUT2D eigenvalue weighted by molar-refractivity contribution is -0.152. The standard InChI is InChI=1S/C29H25NO7/c1-34-20-10-14-22(15-11-20)36-28(32)26(29(33)37-23-16-12-21(35-2)13-17-23)27(30-18-31)25-9-5-7-19-6-3-4-8-24(19)25/h3-18,26-27H,1-2H3,(H,30,31)/t27-/m1/s1. The Bertz CT molecular complexity index is 1320. The molecule has 4 aromatic carbocycles. The van der Waals surface area contributed by atoms with Gasteiger partial charge in [-0.1, -0.05) is 42.5 Å². The van der Waals surface area contributed by atoms with E-state index in [0.717, 1.165) is 10.8 Å². The maximum atomic E-state index is 13.5. The molecule has 8 nitrogen and oxygen atoms in total. The van der Waals surface area contributed by atoms with Crippen LogP contribution in [0.25, 0.3) is 10.8 Å². The number of carbonyl (C=O) groups excluding carboxylic acids is 3. The van der Waals surface area contributed by atoms with Gasteiger partial charge in [0.2, 0.25) is 6.41 Å². The number of fused-ring (bicyclic) bond motifs is 1. The lowest BCUT2D eigenvalue weighted by atomic mass is 9.89. The zero-order chi connectivity index (χ0) is 26.2. The molecule has 0 fully saturated rings. The first-order valence-electron chi connectivity index (χ1n) is 11.4. The molecule has 0 saturated heterocycles. The van der Waals surface area contributed by atoms with Crippen molar-refractivity contribution in [3.63, 3.8) is 0 Å². The second-order valence-corrected chi connectivity index (χ2v) is 8.00. The Morgan fingerprint density at radius 3 is 1.68 bits per heavy atom. The number of hydrogen-bond acceptors (Lipinski definition) is 7. The van der Waals surface area contributed by atoms with Gasteiger partial charge < -0.3 is 24.3 Å². The molecule has 4 rings (SSSR count). The smallest absolute Gasteiger partial charge is 0.328 e. The van der Waals surface area contributed by atoms with Crippen LogP contribution >= 0.6 is 0 Å². The van der Waals surface area contributed by atoms with Gasteiger partial charge in [0.05, 0.1) is 20.3 Å². The van der Waals surface area contributed by atoms with Gasteiger partial charge in [0, 0.05) is 0 Å². The molecule has 0 aliphatic heterocycles. The summed E-state index contributed by atoms with van der Waals surface area (Å²) < 4.78 is 21.4. The molecule has 8 heteroatoms. The van der Waals surface area contributed by atoms with Crippen LogP contribution in [-0.2, 0) is 14.4 Å². The van der Waals surface area contributed by atoms with Crippen LogP contribution in [-0.4, -0.2) is 32.6 Å². The van der Waals surface area contributed by atoms with Gasteiger partial charge in [0.15, 0.2) is 5.92 Å². The fourth-order valence-electron chi connectivity index (χ4n) is 3.98. The normalized spacial score (nSPS) is 11.4. The Balaban J connectivity index is 1.73. The molecule has 1 N–H and O–H groups in total. The van der Waals surface area contributed by atoms with E-state index in [1.807, 2.05) is 30.3 Å². The third-order valence-electron chi connectivity index (χ3n) is 5.80. The molecule has 0 spiro atoms. The Morgan fingerprint density at radius 1 is 0.676 bits per heavy atom. The monoisotopic (exact) mass is 499 g/mol. The van der Waals surface area contributed by atoms with Gasteiger partial charge in [-0.2, -0.15) is 0 Å². The van der Waals surface area contributed by atoms with Gasteiger partial charge in [-0.05, 0) is 64.9 Å². The van der Waals surface area contributed by atoms with Crippen molar-refractivity contribution in [2.24, 2.45) is 5.92 Å². The summed E-state index contributed by atoms with van der Waals surface area (Å²) >= 11 is 0. The minimum absolute atomic E-state index is 0.204. The number of amides is 1. The van der Waals surface area contributed by atoms with Gasteiger partial charge in [0.25, 0.3) is 0 Å². The summed E-state index contributed by atoms with van der Waals surface area (Å²) in [4.78, 5) is 38.7. The highest BCUT2D eigenvalue weighted by atomic mass is 16.6. The molecule has 37 heavy (non-hydrogen) atoms. The van der Waals surface area contributed by atoms with Crippen LogP contribution < -0.4 is 24.3 Å². The summed E-state index contributed by atoms with van der Waals surface area (Å²) in [6.45, 7) is 0. The van der Waals surface area contributed by atoms with Crippen molar-refractivity contribution >= 4 is 29.1 Å². The molecule has 0 heterocycles. The predicted octanol–water partition coefficient (Wildman–Crippen LogP) is 4.47. The second-order valence-electron chi connectivity index (χ2n) is 8.00.